The van der Waals surface area contributed by atoms with E-state index < -0.39 is 10.0 Å². The number of amides is 1. The van der Waals surface area contributed by atoms with Gasteiger partial charge in [0.25, 0.3) is 0 Å². The Kier molecular flexibility index (Phi) is 7.44. The fourth-order valence-corrected chi connectivity index (χ4v) is 4.26. The summed E-state index contributed by atoms with van der Waals surface area (Å²) in [7, 11) is -3.53. The van der Waals surface area contributed by atoms with Crippen molar-refractivity contribution in [2.45, 2.75) is 63.2 Å². The van der Waals surface area contributed by atoms with Gasteiger partial charge in [-0.15, -0.1) is 0 Å². The number of nitrogens with one attached hydrogen (secondary N) is 2. The van der Waals surface area contributed by atoms with Crippen molar-refractivity contribution < 1.29 is 13.2 Å². The van der Waals surface area contributed by atoms with Crippen molar-refractivity contribution in [3.05, 3.63) is 29.8 Å². The van der Waals surface area contributed by atoms with Gasteiger partial charge in [0.15, 0.2) is 0 Å². The van der Waals surface area contributed by atoms with Gasteiger partial charge >= 0.3 is 0 Å². The number of hydrogen-bond donors (Lipinski definition) is 2. The Labute approximate surface area is 151 Å². The predicted octanol–water partition coefficient (Wildman–Crippen LogP) is 3.17. The third-order valence-electron chi connectivity index (χ3n) is 4.80. The lowest BCUT2D eigenvalue weighted by atomic mass is 9.87. The van der Waals surface area contributed by atoms with Crippen LogP contribution in [0, 0.1) is 5.92 Å². The van der Waals surface area contributed by atoms with Crippen LogP contribution in [0.1, 0.15) is 63.9 Å². The lowest BCUT2D eigenvalue weighted by Gasteiger charge is -2.20. The molecule has 0 radical (unpaired) electrons. The minimum Gasteiger partial charge on any atom is -0.355 e. The molecular formula is C19H30N2O3S. The minimum absolute atomic E-state index is 0.0207. The standard InChI is InChI=1S/C19H30N2O3S/c1-15(2)17-8-10-18(11-9-17)25(23,24)21-13-12-20-19(22)14-16-6-4-3-5-7-16/h8-11,15-16,21H,3-7,12-14H2,1-2H3,(H,20,22). The lowest BCUT2D eigenvalue weighted by Crippen LogP contribution is -2.35. The smallest absolute Gasteiger partial charge is 0.240 e. The first-order valence-electron chi connectivity index (χ1n) is 9.25. The summed E-state index contributed by atoms with van der Waals surface area (Å²) in [5.41, 5.74) is 1.11. The number of benzene rings is 1. The van der Waals surface area contributed by atoms with E-state index in [9.17, 15) is 13.2 Å². The monoisotopic (exact) mass is 366 g/mol. The van der Waals surface area contributed by atoms with Gasteiger partial charge in [0.2, 0.25) is 15.9 Å². The molecule has 1 aromatic rings. The molecule has 0 bridgehead atoms. The molecule has 0 spiro atoms. The molecule has 0 aromatic heterocycles. The summed E-state index contributed by atoms with van der Waals surface area (Å²) in [5.74, 6) is 0.876. The minimum atomic E-state index is -3.53. The maximum atomic E-state index is 12.3. The van der Waals surface area contributed by atoms with Crippen LogP contribution in [0.5, 0.6) is 0 Å². The van der Waals surface area contributed by atoms with Crippen molar-refractivity contribution >= 4 is 15.9 Å². The molecule has 2 N–H and O–H groups in total. The van der Waals surface area contributed by atoms with Gasteiger partial charge in [-0.1, -0.05) is 45.2 Å². The van der Waals surface area contributed by atoms with E-state index in [4.69, 9.17) is 0 Å². The van der Waals surface area contributed by atoms with Crippen molar-refractivity contribution in [1.29, 1.82) is 0 Å². The Morgan fingerprint density at radius 1 is 1.08 bits per heavy atom. The van der Waals surface area contributed by atoms with E-state index in [1.165, 1.54) is 19.3 Å². The summed E-state index contributed by atoms with van der Waals surface area (Å²) >= 11 is 0. The number of hydrogen-bond acceptors (Lipinski definition) is 3. The van der Waals surface area contributed by atoms with E-state index in [1.54, 1.807) is 12.1 Å². The van der Waals surface area contributed by atoms with Gasteiger partial charge in [-0.3, -0.25) is 4.79 Å². The van der Waals surface area contributed by atoms with E-state index in [-0.39, 0.29) is 17.3 Å². The Morgan fingerprint density at radius 3 is 2.32 bits per heavy atom. The van der Waals surface area contributed by atoms with Gasteiger partial charge in [-0.25, -0.2) is 13.1 Å². The first-order valence-corrected chi connectivity index (χ1v) is 10.7. The highest BCUT2D eigenvalue weighted by Crippen LogP contribution is 2.26. The van der Waals surface area contributed by atoms with Gasteiger partial charge in [-0.2, -0.15) is 0 Å². The maximum Gasteiger partial charge on any atom is 0.240 e. The molecule has 1 amide bonds. The average molecular weight is 367 g/mol. The molecule has 0 unspecified atom stereocenters. The number of rotatable bonds is 8. The van der Waals surface area contributed by atoms with Crippen LogP contribution in [0.3, 0.4) is 0 Å². The Balaban J connectivity index is 1.73. The van der Waals surface area contributed by atoms with Crippen LogP contribution in [-0.4, -0.2) is 27.4 Å². The second-order valence-electron chi connectivity index (χ2n) is 7.18. The molecule has 1 aromatic carbocycles. The molecule has 25 heavy (non-hydrogen) atoms. The highest BCUT2D eigenvalue weighted by atomic mass is 32.2. The van der Waals surface area contributed by atoms with Crippen molar-refractivity contribution in [3.8, 4) is 0 Å². The molecule has 1 aliphatic carbocycles. The molecule has 140 valence electrons. The van der Waals surface area contributed by atoms with Gasteiger partial charge in [0.05, 0.1) is 4.90 Å². The summed E-state index contributed by atoms with van der Waals surface area (Å²) in [4.78, 5) is 12.2. The number of carbonyl (C=O) groups excluding carboxylic acids is 1. The summed E-state index contributed by atoms with van der Waals surface area (Å²) in [6, 6.07) is 6.93. The van der Waals surface area contributed by atoms with Crippen molar-refractivity contribution in [3.63, 3.8) is 0 Å². The summed E-state index contributed by atoms with van der Waals surface area (Å²) < 4.78 is 27.0. The molecule has 1 aliphatic rings. The molecule has 1 fully saturated rings. The number of sulfonamides is 1. The topological polar surface area (TPSA) is 75.3 Å². The van der Waals surface area contributed by atoms with Crippen LogP contribution in [-0.2, 0) is 14.8 Å². The van der Waals surface area contributed by atoms with Gasteiger partial charge in [-0.05, 0) is 42.4 Å². The summed E-state index contributed by atoms with van der Waals surface area (Å²) in [6.45, 7) is 4.65. The largest absolute Gasteiger partial charge is 0.355 e. The van der Waals surface area contributed by atoms with Crippen molar-refractivity contribution in [2.24, 2.45) is 5.92 Å². The van der Waals surface area contributed by atoms with Crippen LogP contribution >= 0.6 is 0 Å². The zero-order valence-electron chi connectivity index (χ0n) is 15.3. The number of carbonyl (C=O) groups is 1. The highest BCUT2D eigenvalue weighted by molar-refractivity contribution is 7.89. The average Bonchev–Trinajstić information content (AvgIpc) is 2.60. The van der Waals surface area contributed by atoms with Crippen LogP contribution in [0.15, 0.2) is 29.2 Å². The van der Waals surface area contributed by atoms with Gasteiger partial charge in [0.1, 0.15) is 0 Å². The van der Waals surface area contributed by atoms with Crippen LogP contribution in [0.2, 0.25) is 0 Å². The highest BCUT2D eigenvalue weighted by Gasteiger charge is 2.17. The molecule has 6 heteroatoms. The van der Waals surface area contributed by atoms with Crippen molar-refractivity contribution in [1.82, 2.24) is 10.0 Å². The Bertz CT molecular complexity index is 648. The zero-order valence-corrected chi connectivity index (χ0v) is 16.1. The van der Waals surface area contributed by atoms with E-state index in [0.29, 0.717) is 24.8 Å². The molecule has 0 heterocycles. The maximum absolute atomic E-state index is 12.3. The van der Waals surface area contributed by atoms with Crippen LogP contribution in [0.4, 0.5) is 0 Å². The Hall–Kier alpha value is -1.40. The van der Waals surface area contributed by atoms with Crippen LogP contribution < -0.4 is 10.0 Å². The predicted molar refractivity (Wildman–Crippen MR) is 99.9 cm³/mol. The van der Waals surface area contributed by atoms with Gasteiger partial charge in [0, 0.05) is 19.5 Å². The fraction of sp³-hybridized carbons (Fsp3) is 0.632. The van der Waals surface area contributed by atoms with E-state index in [1.807, 2.05) is 12.1 Å². The first-order chi connectivity index (χ1) is 11.9. The van der Waals surface area contributed by atoms with Gasteiger partial charge < -0.3 is 5.32 Å². The molecule has 0 aliphatic heterocycles. The molecular weight excluding hydrogens is 336 g/mol. The first kappa shape index (κ1) is 19.9. The van der Waals surface area contributed by atoms with E-state index >= 15 is 0 Å². The SMILES string of the molecule is CC(C)c1ccc(S(=O)(=O)NCCNC(=O)CC2CCCCC2)cc1. The van der Waals surface area contributed by atoms with Crippen LogP contribution in [0.25, 0.3) is 0 Å². The molecule has 0 atom stereocenters. The lowest BCUT2D eigenvalue weighted by molar-refractivity contribution is -0.122. The zero-order chi connectivity index (χ0) is 18.3. The van der Waals surface area contributed by atoms with Crippen molar-refractivity contribution in [2.75, 3.05) is 13.1 Å². The second kappa shape index (κ2) is 9.34. The second-order valence-corrected chi connectivity index (χ2v) is 8.95. The quantitative estimate of drug-likeness (QED) is 0.694. The third-order valence-corrected chi connectivity index (χ3v) is 6.27. The molecule has 0 saturated heterocycles. The third kappa shape index (κ3) is 6.44. The Morgan fingerprint density at radius 2 is 1.72 bits per heavy atom. The molecule has 1 saturated carbocycles. The summed E-state index contributed by atoms with van der Waals surface area (Å²) in [6.07, 6.45) is 6.53. The summed E-state index contributed by atoms with van der Waals surface area (Å²) in [5, 5.41) is 2.81. The van der Waals surface area contributed by atoms with E-state index in [0.717, 1.165) is 18.4 Å². The molecule has 2 rings (SSSR count). The fourth-order valence-electron chi connectivity index (χ4n) is 3.23. The van der Waals surface area contributed by atoms with E-state index in [2.05, 4.69) is 23.9 Å². The molecule has 5 nitrogen and oxygen atoms in total. The normalized spacial score (nSPS) is 16.1.